The molecule has 0 aromatic heterocycles. The molecule has 2 aromatic carbocycles. The second kappa shape index (κ2) is 5.72. The largest absolute Gasteiger partial charge is 0.398 e. The van der Waals surface area contributed by atoms with Crippen LogP contribution in [0.5, 0.6) is 0 Å². The maximum atomic E-state index is 13.6. The summed E-state index contributed by atoms with van der Waals surface area (Å²) in [7, 11) is 0. The highest BCUT2D eigenvalue weighted by molar-refractivity contribution is 9.10. The summed E-state index contributed by atoms with van der Waals surface area (Å²) in [4.78, 5) is 12.0. The first kappa shape index (κ1) is 14.0. The molecule has 0 radical (unpaired) electrons. The van der Waals surface area contributed by atoms with Crippen molar-refractivity contribution in [2.24, 2.45) is 0 Å². The van der Waals surface area contributed by atoms with Crippen molar-refractivity contribution in [2.75, 3.05) is 5.73 Å². The molecular weight excluding hydrogens is 333 g/mol. The van der Waals surface area contributed by atoms with Crippen molar-refractivity contribution in [1.29, 1.82) is 0 Å². The minimum Gasteiger partial charge on any atom is -0.398 e. The average molecular weight is 343 g/mol. The lowest BCUT2D eigenvalue weighted by atomic mass is 10.0. The van der Waals surface area contributed by atoms with Crippen LogP contribution in [0.4, 0.5) is 10.1 Å². The molecule has 0 fully saturated rings. The summed E-state index contributed by atoms with van der Waals surface area (Å²) in [6.45, 7) is 0. The van der Waals surface area contributed by atoms with Crippen LogP contribution in [0.15, 0.2) is 40.9 Å². The number of carbonyl (C=O) groups excluding carboxylic acids is 1. The molecule has 2 rings (SSSR count). The molecule has 0 aliphatic heterocycles. The fraction of sp³-hybridized carbons (Fsp3) is 0.0714. The van der Waals surface area contributed by atoms with Crippen molar-refractivity contribution in [3.8, 4) is 0 Å². The lowest BCUT2D eigenvalue weighted by molar-refractivity contribution is 0.0992. The highest BCUT2D eigenvalue weighted by Crippen LogP contribution is 2.22. The molecule has 2 N–H and O–H groups in total. The first-order chi connectivity index (χ1) is 8.97. The zero-order chi connectivity index (χ0) is 14.0. The summed E-state index contributed by atoms with van der Waals surface area (Å²) in [5.41, 5.74) is 6.75. The number of nitrogen functional groups attached to an aromatic ring is 1. The zero-order valence-electron chi connectivity index (χ0n) is 9.79. The Labute approximate surface area is 123 Å². The van der Waals surface area contributed by atoms with E-state index in [1.165, 1.54) is 12.1 Å². The average Bonchev–Trinajstić information content (AvgIpc) is 2.36. The van der Waals surface area contributed by atoms with Crippen LogP contribution in [0.3, 0.4) is 0 Å². The Balaban J connectivity index is 2.23. The number of benzene rings is 2. The molecule has 0 aliphatic rings. The van der Waals surface area contributed by atoms with Gasteiger partial charge in [0.2, 0.25) is 0 Å². The Morgan fingerprint density at radius 3 is 2.63 bits per heavy atom. The summed E-state index contributed by atoms with van der Waals surface area (Å²) in [6, 6.07) is 9.25. The lowest BCUT2D eigenvalue weighted by Crippen LogP contribution is -2.05. The lowest BCUT2D eigenvalue weighted by Gasteiger charge is -2.05. The molecule has 19 heavy (non-hydrogen) atoms. The maximum absolute atomic E-state index is 13.6. The number of ketones is 1. The molecule has 0 unspecified atom stereocenters. The Kier molecular flexibility index (Phi) is 4.22. The summed E-state index contributed by atoms with van der Waals surface area (Å²) >= 11 is 9.02. The standard InChI is InChI=1S/C14H10BrClFNO/c15-10-3-1-8(12(17)7-10)6-14(19)9-2-4-13(18)11(16)5-9/h1-5,7H,6,18H2. The normalized spacial score (nSPS) is 10.5. The molecule has 5 heteroatoms. The molecule has 2 nitrogen and oxygen atoms in total. The van der Waals surface area contributed by atoms with Gasteiger partial charge >= 0.3 is 0 Å². The monoisotopic (exact) mass is 341 g/mol. The molecule has 0 spiro atoms. The quantitative estimate of drug-likeness (QED) is 0.669. The minimum absolute atomic E-state index is 0.0145. The van der Waals surface area contributed by atoms with Gasteiger partial charge in [-0.05, 0) is 35.9 Å². The minimum atomic E-state index is -0.413. The third kappa shape index (κ3) is 3.33. The van der Waals surface area contributed by atoms with Crippen molar-refractivity contribution in [3.63, 3.8) is 0 Å². The molecule has 0 bridgehead atoms. The predicted molar refractivity (Wildman–Crippen MR) is 78.0 cm³/mol. The van der Waals surface area contributed by atoms with Crippen LogP contribution < -0.4 is 5.73 Å². The second-order valence-corrected chi connectivity index (χ2v) is 5.39. The van der Waals surface area contributed by atoms with E-state index in [2.05, 4.69) is 15.9 Å². The Bertz CT molecular complexity index is 645. The fourth-order valence-electron chi connectivity index (χ4n) is 1.64. The van der Waals surface area contributed by atoms with Crippen LogP contribution in [-0.2, 0) is 6.42 Å². The van der Waals surface area contributed by atoms with Gasteiger partial charge in [-0.1, -0.05) is 33.6 Å². The number of hydrogen-bond acceptors (Lipinski definition) is 2. The smallest absolute Gasteiger partial charge is 0.167 e. The van der Waals surface area contributed by atoms with E-state index < -0.39 is 5.82 Å². The van der Waals surface area contributed by atoms with Crippen molar-refractivity contribution < 1.29 is 9.18 Å². The third-order valence-corrected chi connectivity index (χ3v) is 3.51. The molecule has 0 amide bonds. The first-order valence-corrected chi connectivity index (χ1v) is 6.66. The van der Waals surface area contributed by atoms with Gasteiger partial charge in [-0.25, -0.2) is 4.39 Å². The van der Waals surface area contributed by atoms with Crippen LogP contribution in [0.2, 0.25) is 5.02 Å². The molecule has 0 saturated carbocycles. The number of nitrogens with two attached hydrogens (primary N) is 1. The van der Waals surface area contributed by atoms with Gasteiger partial charge in [-0.2, -0.15) is 0 Å². The molecule has 98 valence electrons. The van der Waals surface area contributed by atoms with Crippen molar-refractivity contribution in [3.05, 3.63) is 62.8 Å². The number of carbonyl (C=O) groups is 1. The van der Waals surface area contributed by atoms with Gasteiger partial charge in [-0.3, -0.25) is 4.79 Å². The summed E-state index contributed by atoms with van der Waals surface area (Å²) < 4.78 is 14.3. The van der Waals surface area contributed by atoms with E-state index in [9.17, 15) is 9.18 Å². The zero-order valence-corrected chi connectivity index (χ0v) is 12.1. The number of anilines is 1. The van der Waals surface area contributed by atoms with Gasteiger partial charge < -0.3 is 5.73 Å². The van der Waals surface area contributed by atoms with Crippen LogP contribution in [0, 0.1) is 5.82 Å². The van der Waals surface area contributed by atoms with Gasteiger partial charge in [0.25, 0.3) is 0 Å². The van der Waals surface area contributed by atoms with Crippen LogP contribution in [0.25, 0.3) is 0 Å². The summed E-state index contributed by atoms with van der Waals surface area (Å²) in [5.74, 6) is -0.618. The van der Waals surface area contributed by atoms with E-state index in [1.807, 2.05) is 0 Å². The van der Waals surface area contributed by atoms with Crippen molar-refractivity contribution in [2.45, 2.75) is 6.42 Å². The number of rotatable bonds is 3. The van der Waals surface area contributed by atoms with Crippen LogP contribution in [0.1, 0.15) is 15.9 Å². The molecule has 2 aromatic rings. The summed E-state index contributed by atoms with van der Waals surface area (Å²) in [6.07, 6.45) is -0.0145. The third-order valence-electron chi connectivity index (χ3n) is 2.69. The van der Waals surface area contributed by atoms with E-state index in [0.29, 0.717) is 26.3 Å². The van der Waals surface area contributed by atoms with Gasteiger partial charge in [0.1, 0.15) is 5.82 Å². The molecular formula is C14H10BrClFNO. The predicted octanol–water partition coefficient (Wildman–Crippen LogP) is 4.25. The van der Waals surface area contributed by atoms with E-state index in [4.69, 9.17) is 17.3 Å². The van der Waals surface area contributed by atoms with Crippen molar-refractivity contribution >= 4 is 39.0 Å². The number of halogens is 3. The SMILES string of the molecule is Nc1ccc(C(=O)Cc2ccc(Br)cc2F)cc1Cl. The summed E-state index contributed by atoms with van der Waals surface area (Å²) in [5, 5.41) is 0.321. The highest BCUT2D eigenvalue weighted by atomic mass is 79.9. The second-order valence-electron chi connectivity index (χ2n) is 4.07. The van der Waals surface area contributed by atoms with Crippen LogP contribution >= 0.6 is 27.5 Å². The van der Waals surface area contributed by atoms with Gasteiger partial charge in [0.15, 0.2) is 5.78 Å². The topological polar surface area (TPSA) is 43.1 Å². The fourth-order valence-corrected chi connectivity index (χ4v) is 2.15. The van der Waals surface area contributed by atoms with E-state index in [-0.39, 0.29) is 12.2 Å². The van der Waals surface area contributed by atoms with E-state index in [0.717, 1.165) is 0 Å². The molecule has 0 heterocycles. The first-order valence-electron chi connectivity index (χ1n) is 5.49. The maximum Gasteiger partial charge on any atom is 0.167 e. The number of hydrogen-bond donors (Lipinski definition) is 1. The Morgan fingerprint density at radius 1 is 1.26 bits per heavy atom. The Morgan fingerprint density at radius 2 is 2.00 bits per heavy atom. The molecule has 0 aliphatic carbocycles. The Hall–Kier alpha value is -1.39. The molecule has 0 saturated heterocycles. The van der Waals surface area contributed by atoms with Crippen LogP contribution in [-0.4, -0.2) is 5.78 Å². The molecule has 0 atom stereocenters. The van der Waals surface area contributed by atoms with Gasteiger partial charge in [0, 0.05) is 16.5 Å². The van der Waals surface area contributed by atoms with Crippen molar-refractivity contribution in [1.82, 2.24) is 0 Å². The van der Waals surface area contributed by atoms with E-state index >= 15 is 0 Å². The number of Topliss-reactive ketones (excluding diaryl/α,β-unsaturated/α-hetero) is 1. The van der Waals surface area contributed by atoms with Gasteiger partial charge in [-0.15, -0.1) is 0 Å². The highest BCUT2D eigenvalue weighted by Gasteiger charge is 2.12. The van der Waals surface area contributed by atoms with Gasteiger partial charge in [0.05, 0.1) is 10.7 Å². The van der Waals surface area contributed by atoms with E-state index in [1.54, 1.807) is 24.3 Å².